The van der Waals surface area contributed by atoms with Gasteiger partial charge in [-0.15, -0.1) is 11.8 Å². The van der Waals surface area contributed by atoms with Gasteiger partial charge in [-0.1, -0.05) is 23.8 Å². The summed E-state index contributed by atoms with van der Waals surface area (Å²) in [6, 6.07) is 6.92. The molecular formula is C15H18ClNOS. The first kappa shape index (κ1) is 13.5. The van der Waals surface area contributed by atoms with E-state index in [4.69, 9.17) is 11.6 Å². The fraction of sp³-hybridized carbons (Fsp3) is 0.467. The van der Waals surface area contributed by atoms with Crippen molar-refractivity contribution >= 4 is 23.4 Å². The molecule has 102 valence electrons. The standard InChI is InChI=1S/C15H18ClNOS/c16-11-2-4-15-13(8-11)14(5-6-19-15)17-12-3-1-10(7-12)9-18/h1-4,8,10,12,14,17-18H,5-7,9H2/t10-,12+,14?/m0/s1. The lowest BCUT2D eigenvalue weighted by Crippen LogP contribution is -2.32. The molecule has 0 radical (unpaired) electrons. The molecular weight excluding hydrogens is 278 g/mol. The van der Waals surface area contributed by atoms with Gasteiger partial charge in [-0.25, -0.2) is 0 Å². The van der Waals surface area contributed by atoms with Gasteiger partial charge in [-0.3, -0.25) is 0 Å². The van der Waals surface area contributed by atoms with Crippen LogP contribution in [-0.4, -0.2) is 23.5 Å². The first-order valence-electron chi connectivity index (χ1n) is 6.74. The predicted molar refractivity (Wildman–Crippen MR) is 80.8 cm³/mol. The highest BCUT2D eigenvalue weighted by Crippen LogP contribution is 2.38. The second-order valence-corrected chi connectivity index (χ2v) is 6.78. The number of nitrogens with one attached hydrogen (secondary N) is 1. The van der Waals surface area contributed by atoms with Crippen molar-refractivity contribution in [2.45, 2.75) is 29.8 Å². The average Bonchev–Trinajstić information content (AvgIpc) is 2.87. The van der Waals surface area contributed by atoms with Gasteiger partial charge in [0.15, 0.2) is 0 Å². The number of hydrogen-bond donors (Lipinski definition) is 2. The first-order valence-corrected chi connectivity index (χ1v) is 8.10. The van der Waals surface area contributed by atoms with Crippen molar-refractivity contribution in [3.63, 3.8) is 0 Å². The third-order valence-corrected chi connectivity index (χ3v) is 5.19. The summed E-state index contributed by atoms with van der Waals surface area (Å²) in [7, 11) is 0. The van der Waals surface area contributed by atoms with E-state index < -0.39 is 0 Å². The van der Waals surface area contributed by atoms with E-state index in [2.05, 4.69) is 29.6 Å². The van der Waals surface area contributed by atoms with E-state index in [-0.39, 0.29) is 6.61 Å². The molecule has 1 aromatic rings. The normalized spacial score (nSPS) is 29.5. The maximum Gasteiger partial charge on any atom is 0.0494 e. The van der Waals surface area contributed by atoms with E-state index in [0.29, 0.717) is 18.0 Å². The lowest BCUT2D eigenvalue weighted by molar-refractivity contribution is 0.244. The molecule has 2 N–H and O–H groups in total. The van der Waals surface area contributed by atoms with Gasteiger partial charge in [0.2, 0.25) is 0 Å². The van der Waals surface area contributed by atoms with Crippen LogP contribution in [0.5, 0.6) is 0 Å². The molecule has 0 spiro atoms. The molecule has 19 heavy (non-hydrogen) atoms. The molecule has 1 heterocycles. The Kier molecular flexibility index (Phi) is 4.18. The minimum absolute atomic E-state index is 0.248. The van der Waals surface area contributed by atoms with Crippen LogP contribution in [-0.2, 0) is 0 Å². The quantitative estimate of drug-likeness (QED) is 0.838. The van der Waals surface area contributed by atoms with Gasteiger partial charge in [0.25, 0.3) is 0 Å². The number of thioether (sulfide) groups is 1. The molecule has 3 atom stereocenters. The Morgan fingerprint density at radius 1 is 1.37 bits per heavy atom. The molecule has 2 nitrogen and oxygen atoms in total. The lowest BCUT2D eigenvalue weighted by Gasteiger charge is -2.28. The van der Waals surface area contributed by atoms with Crippen LogP contribution in [0.1, 0.15) is 24.4 Å². The molecule has 1 aliphatic heterocycles. The summed E-state index contributed by atoms with van der Waals surface area (Å²) in [4.78, 5) is 1.34. The number of aliphatic hydroxyl groups is 1. The van der Waals surface area contributed by atoms with Gasteiger partial charge < -0.3 is 10.4 Å². The van der Waals surface area contributed by atoms with Crippen LogP contribution in [0.15, 0.2) is 35.2 Å². The molecule has 1 aromatic carbocycles. The molecule has 3 rings (SSSR count). The van der Waals surface area contributed by atoms with Gasteiger partial charge in [0.05, 0.1) is 0 Å². The Morgan fingerprint density at radius 3 is 3.05 bits per heavy atom. The van der Waals surface area contributed by atoms with Gasteiger partial charge >= 0.3 is 0 Å². The largest absolute Gasteiger partial charge is 0.396 e. The van der Waals surface area contributed by atoms with Crippen LogP contribution in [0.2, 0.25) is 5.02 Å². The number of benzene rings is 1. The average molecular weight is 296 g/mol. The summed E-state index contributed by atoms with van der Waals surface area (Å²) >= 11 is 8.03. The molecule has 1 unspecified atom stereocenters. The number of hydrogen-bond acceptors (Lipinski definition) is 3. The number of aliphatic hydroxyl groups excluding tert-OH is 1. The van der Waals surface area contributed by atoms with Crippen LogP contribution in [0.4, 0.5) is 0 Å². The fourth-order valence-electron chi connectivity index (χ4n) is 2.83. The van der Waals surface area contributed by atoms with E-state index in [1.54, 1.807) is 0 Å². The topological polar surface area (TPSA) is 32.3 Å². The summed E-state index contributed by atoms with van der Waals surface area (Å²) < 4.78 is 0. The maximum atomic E-state index is 9.18. The van der Waals surface area contributed by atoms with Crippen molar-refractivity contribution in [3.05, 3.63) is 40.9 Å². The first-order chi connectivity index (χ1) is 9.26. The van der Waals surface area contributed by atoms with Crippen molar-refractivity contribution < 1.29 is 5.11 Å². The van der Waals surface area contributed by atoms with Crippen LogP contribution < -0.4 is 5.32 Å². The van der Waals surface area contributed by atoms with E-state index >= 15 is 0 Å². The molecule has 0 fully saturated rings. The SMILES string of the molecule is OC[C@H]1C=C[C@@H](NC2CCSc3ccc(Cl)cc32)C1. The molecule has 4 heteroatoms. The molecule has 0 saturated carbocycles. The smallest absolute Gasteiger partial charge is 0.0494 e. The van der Waals surface area contributed by atoms with Crippen LogP contribution in [0.25, 0.3) is 0 Å². The number of rotatable bonds is 3. The second kappa shape index (κ2) is 5.88. The summed E-state index contributed by atoms with van der Waals surface area (Å²) in [6.07, 6.45) is 6.43. The molecule has 1 aliphatic carbocycles. The van der Waals surface area contributed by atoms with Gasteiger partial charge in [-0.2, -0.15) is 0 Å². The molecule has 0 bridgehead atoms. The Balaban J connectivity index is 1.73. The van der Waals surface area contributed by atoms with E-state index in [1.165, 1.54) is 10.5 Å². The molecule has 0 aromatic heterocycles. The zero-order valence-electron chi connectivity index (χ0n) is 10.7. The van der Waals surface area contributed by atoms with Crippen molar-refractivity contribution in [2.75, 3.05) is 12.4 Å². The zero-order chi connectivity index (χ0) is 13.2. The Bertz CT molecular complexity index is 491. The predicted octanol–water partition coefficient (Wildman–Crippen LogP) is 3.40. The summed E-state index contributed by atoms with van der Waals surface area (Å²) in [6.45, 7) is 0.248. The van der Waals surface area contributed by atoms with Crippen molar-refractivity contribution in [1.29, 1.82) is 0 Å². The van der Waals surface area contributed by atoms with Crippen LogP contribution in [0.3, 0.4) is 0 Å². The molecule has 2 aliphatic rings. The highest BCUT2D eigenvalue weighted by Gasteiger charge is 2.25. The Hall–Kier alpha value is -0.480. The van der Waals surface area contributed by atoms with Gasteiger partial charge in [-0.05, 0) is 42.4 Å². The molecule has 0 amide bonds. The monoisotopic (exact) mass is 295 g/mol. The van der Waals surface area contributed by atoms with Crippen molar-refractivity contribution in [3.8, 4) is 0 Å². The minimum atomic E-state index is 0.248. The maximum absolute atomic E-state index is 9.18. The highest BCUT2D eigenvalue weighted by atomic mass is 35.5. The van der Waals surface area contributed by atoms with Crippen LogP contribution in [0, 0.1) is 5.92 Å². The van der Waals surface area contributed by atoms with Gasteiger partial charge in [0, 0.05) is 34.5 Å². The highest BCUT2D eigenvalue weighted by molar-refractivity contribution is 7.99. The summed E-state index contributed by atoms with van der Waals surface area (Å²) in [5.74, 6) is 1.46. The third-order valence-electron chi connectivity index (χ3n) is 3.83. The van der Waals surface area contributed by atoms with E-state index in [9.17, 15) is 5.11 Å². The minimum Gasteiger partial charge on any atom is -0.396 e. The zero-order valence-corrected chi connectivity index (χ0v) is 12.3. The van der Waals surface area contributed by atoms with Crippen molar-refractivity contribution in [1.82, 2.24) is 5.32 Å². The van der Waals surface area contributed by atoms with Crippen molar-refractivity contribution in [2.24, 2.45) is 5.92 Å². The second-order valence-electron chi connectivity index (χ2n) is 5.21. The van der Waals surface area contributed by atoms with Crippen LogP contribution >= 0.6 is 23.4 Å². The number of halogens is 1. The lowest BCUT2D eigenvalue weighted by atomic mass is 10.0. The van der Waals surface area contributed by atoms with E-state index in [1.807, 2.05) is 17.8 Å². The Morgan fingerprint density at radius 2 is 2.26 bits per heavy atom. The number of fused-ring (bicyclic) bond motifs is 1. The third kappa shape index (κ3) is 3.00. The summed E-state index contributed by atoms with van der Waals surface area (Å²) in [5, 5.41) is 13.7. The summed E-state index contributed by atoms with van der Waals surface area (Å²) in [5.41, 5.74) is 1.32. The Labute approximate surface area is 123 Å². The van der Waals surface area contributed by atoms with Gasteiger partial charge in [0.1, 0.15) is 0 Å². The molecule has 0 saturated heterocycles. The fourth-order valence-corrected chi connectivity index (χ4v) is 4.12. The van der Waals surface area contributed by atoms with E-state index in [0.717, 1.165) is 23.6 Å².